The number of hydrogen-bond donors (Lipinski definition) is 2. The summed E-state index contributed by atoms with van der Waals surface area (Å²) >= 11 is 0. The second-order valence-electron chi connectivity index (χ2n) is 3.38. The molecular weight excluding hydrogens is 196 g/mol. The molecule has 0 saturated heterocycles. The summed E-state index contributed by atoms with van der Waals surface area (Å²) in [6.07, 6.45) is 0. The van der Waals surface area contributed by atoms with Crippen molar-refractivity contribution >= 4 is 11.8 Å². The summed E-state index contributed by atoms with van der Waals surface area (Å²) in [6.45, 7) is 3.68. The number of rotatable bonds is 3. The first-order valence-corrected chi connectivity index (χ1v) is 4.92. The lowest BCUT2D eigenvalue weighted by Gasteiger charge is -2.04. The van der Waals surface area contributed by atoms with E-state index in [1.807, 2.05) is 0 Å². The van der Waals surface area contributed by atoms with Gasteiger partial charge in [-0.1, -0.05) is 0 Å². The zero-order valence-corrected chi connectivity index (χ0v) is 8.62. The number of fused-ring (bicyclic) bond motifs is 1. The number of nitrogen functional groups attached to an aromatic ring is 1. The number of nitrogens with one attached hydrogen (secondary N) is 1. The van der Waals surface area contributed by atoms with Crippen molar-refractivity contribution in [1.82, 2.24) is 15.1 Å². The van der Waals surface area contributed by atoms with Gasteiger partial charge >= 0.3 is 5.97 Å². The molecule has 2 heterocycles. The van der Waals surface area contributed by atoms with E-state index in [1.165, 1.54) is 4.68 Å². The maximum absolute atomic E-state index is 11.2. The fourth-order valence-corrected chi connectivity index (χ4v) is 1.65. The minimum Gasteiger partial charge on any atom is -0.465 e. The zero-order chi connectivity index (χ0) is 10.8. The highest BCUT2D eigenvalue weighted by Crippen LogP contribution is 2.20. The topological polar surface area (TPSA) is 82.2 Å². The third-order valence-electron chi connectivity index (χ3n) is 2.36. The molecule has 1 aliphatic heterocycles. The molecule has 0 aliphatic carbocycles. The Morgan fingerprint density at radius 3 is 3.13 bits per heavy atom. The Kier molecular flexibility index (Phi) is 2.59. The monoisotopic (exact) mass is 210 g/mol. The van der Waals surface area contributed by atoms with E-state index < -0.39 is 0 Å². The molecule has 6 nitrogen and oxygen atoms in total. The van der Waals surface area contributed by atoms with E-state index in [2.05, 4.69) is 10.4 Å². The smallest absolute Gasteiger partial charge is 0.327 e. The lowest BCUT2D eigenvalue weighted by Crippen LogP contribution is -2.17. The van der Waals surface area contributed by atoms with Gasteiger partial charge in [0.25, 0.3) is 0 Å². The zero-order valence-electron chi connectivity index (χ0n) is 8.62. The molecule has 1 aromatic rings. The van der Waals surface area contributed by atoms with Crippen molar-refractivity contribution in [2.75, 3.05) is 12.3 Å². The number of hydrogen-bond acceptors (Lipinski definition) is 5. The van der Waals surface area contributed by atoms with E-state index in [-0.39, 0.29) is 12.5 Å². The summed E-state index contributed by atoms with van der Waals surface area (Å²) in [6, 6.07) is 0. The van der Waals surface area contributed by atoms with E-state index in [0.717, 1.165) is 24.3 Å². The molecule has 0 bridgehead atoms. The number of aromatic nitrogens is 2. The van der Waals surface area contributed by atoms with Gasteiger partial charge in [0.2, 0.25) is 0 Å². The Balaban J connectivity index is 2.13. The van der Waals surface area contributed by atoms with E-state index in [9.17, 15) is 4.79 Å². The first-order chi connectivity index (χ1) is 7.22. The largest absolute Gasteiger partial charge is 0.465 e. The van der Waals surface area contributed by atoms with Crippen LogP contribution in [-0.4, -0.2) is 22.4 Å². The standard InChI is InChI=1S/C9H14N4O2/c1-2-15-8(14)5-13-9(10)6-3-11-4-7(6)12-13/h11H,2-5,10H2,1H3. The number of nitrogens with two attached hydrogens (primary N) is 1. The number of esters is 1. The van der Waals surface area contributed by atoms with Gasteiger partial charge < -0.3 is 15.8 Å². The Hall–Kier alpha value is -1.56. The molecule has 2 rings (SSSR count). The van der Waals surface area contributed by atoms with E-state index >= 15 is 0 Å². The third kappa shape index (κ3) is 1.80. The fraction of sp³-hybridized carbons (Fsp3) is 0.556. The van der Waals surface area contributed by atoms with Gasteiger partial charge in [-0.15, -0.1) is 0 Å². The molecule has 6 heteroatoms. The van der Waals surface area contributed by atoms with E-state index in [1.54, 1.807) is 6.92 Å². The van der Waals surface area contributed by atoms with Crippen LogP contribution in [0.2, 0.25) is 0 Å². The minimum absolute atomic E-state index is 0.0900. The van der Waals surface area contributed by atoms with E-state index in [4.69, 9.17) is 10.5 Å². The van der Waals surface area contributed by atoms with Gasteiger partial charge in [0.05, 0.1) is 12.3 Å². The maximum Gasteiger partial charge on any atom is 0.327 e. The lowest BCUT2D eigenvalue weighted by atomic mass is 10.3. The molecule has 82 valence electrons. The summed E-state index contributed by atoms with van der Waals surface area (Å²) in [7, 11) is 0. The minimum atomic E-state index is -0.307. The van der Waals surface area contributed by atoms with Gasteiger partial charge in [0.15, 0.2) is 0 Å². The highest BCUT2D eigenvalue weighted by atomic mass is 16.5. The van der Waals surface area contributed by atoms with Crippen molar-refractivity contribution in [3.8, 4) is 0 Å². The van der Waals surface area contributed by atoms with Crippen LogP contribution in [0.15, 0.2) is 0 Å². The maximum atomic E-state index is 11.2. The van der Waals surface area contributed by atoms with Crippen LogP contribution in [0.1, 0.15) is 18.2 Å². The Labute approximate surface area is 87.4 Å². The molecule has 0 radical (unpaired) electrons. The van der Waals surface area contributed by atoms with Crippen LogP contribution < -0.4 is 11.1 Å². The van der Waals surface area contributed by atoms with Gasteiger partial charge in [0, 0.05) is 18.7 Å². The predicted octanol–water partition coefficient (Wildman–Crippen LogP) is -0.368. The van der Waals surface area contributed by atoms with Crippen molar-refractivity contribution in [2.45, 2.75) is 26.6 Å². The van der Waals surface area contributed by atoms with Gasteiger partial charge in [-0.25, -0.2) is 4.68 Å². The van der Waals surface area contributed by atoms with Gasteiger partial charge in [-0.05, 0) is 6.92 Å². The number of nitrogens with zero attached hydrogens (tertiary/aromatic N) is 2. The first-order valence-electron chi connectivity index (χ1n) is 4.92. The van der Waals surface area contributed by atoms with Gasteiger partial charge in [-0.3, -0.25) is 4.79 Å². The second kappa shape index (κ2) is 3.90. The molecule has 3 N–H and O–H groups in total. The quantitative estimate of drug-likeness (QED) is 0.665. The number of carbonyl (C=O) groups excluding carboxylic acids is 1. The molecule has 15 heavy (non-hydrogen) atoms. The van der Waals surface area contributed by atoms with Crippen LogP contribution in [0.25, 0.3) is 0 Å². The van der Waals surface area contributed by atoms with Gasteiger partial charge in [0.1, 0.15) is 12.4 Å². The molecule has 0 saturated carbocycles. The Bertz CT molecular complexity index is 386. The molecule has 1 aliphatic rings. The SMILES string of the molecule is CCOC(=O)Cn1nc2c(c1N)CNC2. The second-order valence-corrected chi connectivity index (χ2v) is 3.38. The molecule has 0 amide bonds. The van der Waals surface area contributed by atoms with Crippen LogP contribution in [0.3, 0.4) is 0 Å². The molecular formula is C9H14N4O2. The Morgan fingerprint density at radius 2 is 2.47 bits per heavy atom. The normalized spacial score (nSPS) is 13.9. The highest BCUT2D eigenvalue weighted by molar-refractivity contribution is 5.69. The highest BCUT2D eigenvalue weighted by Gasteiger charge is 2.20. The molecule has 0 atom stereocenters. The number of ether oxygens (including phenoxy) is 1. The van der Waals surface area contributed by atoms with Crippen LogP contribution >= 0.6 is 0 Å². The molecule has 1 aromatic heterocycles. The summed E-state index contributed by atoms with van der Waals surface area (Å²) in [5.41, 5.74) is 7.78. The van der Waals surface area contributed by atoms with Crippen molar-refractivity contribution in [1.29, 1.82) is 0 Å². The van der Waals surface area contributed by atoms with E-state index in [0.29, 0.717) is 12.4 Å². The van der Waals surface area contributed by atoms with Crippen molar-refractivity contribution in [2.24, 2.45) is 0 Å². The van der Waals surface area contributed by atoms with Crippen molar-refractivity contribution < 1.29 is 9.53 Å². The summed E-state index contributed by atoms with van der Waals surface area (Å²) < 4.78 is 6.33. The first kappa shape index (κ1) is 9.97. The number of anilines is 1. The van der Waals surface area contributed by atoms with Crippen LogP contribution in [0, 0.1) is 0 Å². The van der Waals surface area contributed by atoms with Gasteiger partial charge in [-0.2, -0.15) is 5.10 Å². The molecule has 0 unspecified atom stereocenters. The average molecular weight is 210 g/mol. The molecule has 0 fully saturated rings. The third-order valence-corrected chi connectivity index (χ3v) is 2.36. The average Bonchev–Trinajstić information content (AvgIpc) is 2.72. The summed E-state index contributed by atoms with van der Waals surface area (Å²) in [5, 5.41) is 7.38. The summed E-state index contributed by atoms with van der Waals surface area (Å²) in [5.74, 6) is 0.251. The Morgan fingerprint density at radius 1 is 1.67 bits per heavy atom. The van der Waals surface area contributed by atoms with Crippen LogP contribution in [0.5, 0.6) is 0 Å². The number of carbonyl (C=O) groups is 1. The molecule has 0 aromatic carbocycles. The van der Waals surface area contributed by atoms with Crippen molar-refractivity contribution in [3.05, 3.63) is 11.3 Å². The van der Waals surface area contributed by atoms with Crippen LogP contribution in [0.4, 0.5) is 5.82 Å². The van der Waals surface area contributed by atoms with Crippen LogP contribution in [-0.2, 0) is 29.2 Å². The predicted molar refractivity (Wildman–Crippen MR) is 53.8 cm³/mol. The summed E-state index contributed by atoms with van der Waals surface area (Å²) in [4.78, 5) is 11.2. The fourth-order valence-electron chi connectivity index (χ4n) is 1.65. The van der Waals surface area contributed by atoms with Crippen molar-refractivity contribution in [3.63, 3.8) is 0 Å². The lowest BCUT2D eigenvalue weighted by molar-refractivity contribution is -0.144. The molecule has 0 spiro atoms.